The molecule has 0 radical (unpaired) electrons. The van der Waals surface area contributed by atoms with Crippen LogP contribution in [0.5, 0.6) is 0 Å². The van der Waals surface area contributed by atoms with E-state index in [1.807, 2.05) is 27.9 Å². The molecule has 0 aromatic carbocycles. The van der Waals surface area contributed by atoms with E-state index in [9.17, 15) is 9.90 Å². The third kappa shape index (κ3) is 1.92. The number of nitrogens with zero attached hydrogens (tertiary/aromatic N) is 3. The second kappa shape index (κ2) is 4.53. The van der Waals surface area contributed by atoms with Crippen LogP contribution in [-0.2, 0) is 6.42 Å². The Morgan fingerprint density at radius 1 is 1.39 bits per heavy atom. The molecular formula is C12H15N3O2S. The van der Waals surface area contributed by atoms with Gasteiger partial charge in [-0.1, -0.05) is 6.92 Å². The Balaban J connectivity index is 2.81. The fourth-order valence-corrected chi connectivity index (χ4v) is 2.96. The normalized spacial score (nSPS) is 10.9. The summed E-state index contributed by atoms with van der Waals surface area (Å²) in [5.41, 5.74) is 3.10. The molecule has 5 nitrogen and oxygen atoms in total. The zero-order valence-electron chi connectivity index (χ0n) is 10.8. The summed E-state index contributed by atoms with van der Waals surface area (Å²) in [5.74, 6) is -0.931. The third-order valence-electron chi connectivity index (χ3n) is 2.75. The van der Waals surface area contributed by atoms with Gasteiger partial charge in [-0.2, -0.15) is 0 Å². The first-order valence-corrected chi connectivity index (χ1v) is 6.48. The quantitative estimate of drug-likeness (QED) is 0.922. The van der Waals surface area contributed by atoms with Crippen LogP contribution >= 0.6 is 11.3 Å². The van der Waals surface area contributed by atoms with Crippen molar-refractivity contribution in [3.63, 3.8) is 0 Å². The van der Waals surface area contributed by atoms with Crippen LogP contribution in [0.4, 0.5) is 5.69 Å². The molecule has 18 heavy (non-hydrogen) atoms. The molecule has 96 valence electrons. The van der Waals surface area contributed by atoms with E-state index < -0.39 is 5.97 Å². The van der Waals surface area contributed by atoms with E-state index in [1.54, 1.807) is 4.90 Å². The number of rotatable bonds is 3. The monoisotopic (exact) mass is 265 g/mol. The maximum atomic E-state index is 11.3. The molecule has 0 saturated carbocycles. The van der Waals surface area contributed by atoms with Gasteiger partial charge in [0.1, 0.15) is 15.2 Å². The molecule has 2 aromatic heterocycles. The predicted molar refractivity (Wildman–Crippen MR) is 72.8 cm³/mol. The summed E-state index contributed by atoms with van der Waals surface area (Å²) in [6.45, 7) is 3.92. The third-order valence-corrected chi connectivity index (χ3v) is 3.80. The highest BCUT2D eigenvalue weighted by atomic mass is 32.1. The number of hydrogen-bond donors (Lipinski definition) is 1. The van der Waals surface area contributed by atoms with E-state index in [0.29, 0.717) is 20.9 Å². The summed E-state index contributed by atoms with van der Waals surface area (Å²) in [6, 6.07) is 0. The topological polar surface area (TPSA) is 66.3 Å². The Hall–Kier alpha value is -1.69. The summed E-state index contributed by atoms with van der Waals surface area (Å²) < 4.78 is 0. The van der Waals surface area contributed by atoms with E-state index in [2.05, 4.69) is 9.97 Å². The second-order valence-corrected chi connectivity index (χ2v) is 5.24. The van der Waals surface area contributed by atoms with Crippen LogP contribution in [0.15, 0.2) is 0 Å². The smallest absolute Gasteiger partial charge is 0.348 e. The lowest BCUT2D eigenvalue weighted by atomic mass is 10.2. The average molecular weight is 265 g/mol. The average Bonchev–Trinajstić information content (AvgIpc) is 2.66. The van der Waals surface area contributed by atoms with Crippen LogP contribution in [0.2, 0.25) is 0 Å². The summed E-state index contributed by atoms with van der Waals surface area (Å²) in [6.07, 6.45) is 0.798. The fourth-order valence-electron chi connectivity index (χ4n) is 1.91. The Morgan fingerprint density at radius 2 is 2.06 bits per heavy atom. The molecule has 2 heterocycles. The van der Waals surface area contributed by atoms with Crippen molar-refractivity contribution in [2.75, 3.05) is 19.0 Å². The standard InChI is InChI=1S/C12H15N3O2S/c1-5-7-6(2)13-8-9(15(3)4)10(12(16)17)18-11(8)14-7/h5H2,1-4H3,(H,16,17). The fraction of sp³-hybridized carbons (Fsp3) is 0.417. The first-order chi connectivity index (χ1) is 8.45. The van der Waals surface area contributed by atoms with Gasteiger partial charge in [0, 0.05) is 14.1 Å². The van der Waals surface area contributed by atoms with E-state index in [0.717, 1.165) is 17.8 Å². The largest absolute Gasteiger partial charge is 0.477 e. The van der Waals surface area contributed by atoms with Gasteiger partial charge in [-0.3, -0.25) is 0 Å². The van der Waals surface area contributed by atoms with Gasteiger partial charge in [0.25, 0.3) is 0 Å². The molecule has 0 spiro atoms. The van der Waals surface area contributed by atoms with Gasteiger partial charge in [-0.15, -0.1) is 11.3 Å². The van der Waals surface area contributed by atoms with Gasteiger partial charge < -0.3 is 10.0 Å². The lowest BCUT2D eigenvalue weighted by Crippen LogP contribution is -2.12. The number of fused-ring (bicyclic) bond motifs is 1. The maximum Gasteiger partial charge on any atom is 0.348 e. The van der Waals surface area contributed by atoms with Gasteiger partial charge >= 0.3 is 5.97 Å². The van der Waals surface area contributed by atoms with Gasteiger partial charge in [0.2, 0.25) is 0 Å². The van der Waals surface area contributed by atoms with Crippen molar-refractivity contribution >= 4 is 33.3 Å². The minimum absolute atomic E-state index is 0.294. The molecule has 2 rings (SSSR count). The zero-order chi connectivity index (χ0) is 13.4. The van der Waals surface area contributed by atoms with Crippen molar-refractivity contribution in [3.05, 3.63) is 16.3 Å². The summed E-state index contributed by atoms with van der Waals surface area (Å²) >= 11 is 1.18. The summed E-state index contributed by atoms with van der Waals surface area (Å²) in [7, 11) is 3.64. The van der Waals surface area contributed by atoms with Crippen LogP contribution < -0.4 is 4.90 Å². The molecule has 0 atom stereocenters. The number of carboxylic acid groups (broad SMARTS) is 1. The highest BCUT2D eigenvalue weighted by molar-refractivity contribution is 7.21. The Morgan fingerprint density at radius 3 is 2.56 bits per heavy atom. The molecule has 0 bridgehead atoms. The molecule has 2 aromatic rings. The van der Waals surface area contributed by atoms with E-state index in [-0.39, 0.29) is 0 Å². The number of thiophene rings is 1. The predicted octanol–water partition coefficient (Wildman–Crippen LogP) is 2.33. The molecule has 0 saturated heterocycles. The second-order valence-electron chi connectivity index (χ2n) is 4.24. The molecule has 0 aliphatic carbocycles. The van der Waals surface area contributed by atoms with Crippen LogP contribution in [-0.4, -0.2) is 35.1 Å². The number of aromatic carboxylic acids is 1. The Kier molecular flexibility index (Phi) is 3.21. The van der Waals surface area contributed by atoms with E-state index in [1.165, 1.54) is 11.3 Å². The van der Waals surface area contributed by atoms with E-state index >= 15 is 0 Å². The van der Waals surface area contributed by atoms with Gasteiger partial charge in [0.05, 0.1) is 17.1 Å². The van der Waals surface area contributed by atoms with Crippen LogP contribution in [0.1, 0.15) is 28.0 Å². The zero-order valence-corrected chi connectivity index (χ0v) is 11.6. The Bertz CT molecular complexity index is 619. The Labute approximate surface area is 109 Å². The molecule has 0 amide bonds. The lowest BCUT2D eigenvalue weighted by Gasteiger charge is -2.12. The number of aromatic nitrogens is 2. The molecule has 0 fully saturated rings. The van der Waals surface area contributed by atoms with Crippen LogP contribution in [0, 0.1) is 6.92 Å². The van der Waals surface area contributed by atoms with Gasteiger partial charge in [-0.25, -0.2) is 14.8 Å². The minimum Gasteiger partial charge on any atom is -0.477 e. The highest BCUT2D eigenvalue weighted by Gasteiger charge is 2.22. The van der Waals surface area contributed by atoms with Crippen LogP contribution in [0.3, 0.4) is 0 Å². The van der Waals surface area contributed by atoms with Crippen molar-refractivity contribution < 1.29 is 9.90 Å². The molecule has 1 N–H and O–H groups in total. The highest BCUT2D eigenvalue weighted by Crippen LogP contribution is 2.35. The lowest BCUT2D eigenvalue weighted by molar-refractivity contribution is 0.0703. The first-order valence-electron chi connectivity index (χ1n) is 5.66. The van der Waals surface area contributed by atoms with Crippen molar-refractivity contribution in [1.82, 2.24) is 9.97 Å². The van der Waals surface area contributed by atoms with Crippen molar-refractivity contribution in [2.45, 2.75) is 20.3 Å². The van der Waals surface area contributed by atoms with Crippen molar-refractivity contribution in [3.8, 4) is 0 Å². The molecule has 0 aliphatic heterocycles. The van der Waals surface area contributed by atoms with Gasteiger partial charge in [-0.05, 0) is 13.3 Å². The summed E-state index contributed by atoms with van der Waals surface area (Å²) in [4.78, 5) is 23.0. The number of aryl methyl sites for hydroxylation is 2. The number of anilines is 1. The van der Waals surface area contributed by atoms with Crippen LogP contribution in [0.25, 0.3) is 10.3 Å². The molecule has 0 aliphatic rings. The number of carboxylic acids is 1. The molecular weight excluding hydrogens is 250 g/mol. The number of hydrogen-bond acceptors (Lipinski definition) is 5. The number of carbonyl (C=O) groups is 1. The van der Waals surface area contributed by atoms with E-state index in [4.69, 9.17) is 0 Å². The maximum absolute atomic E-state index is 11.3. The SMILES string of the molecule is CCc1nc2sc(C(=O)O)c(N(C)C)c2nc1C. The van der Waals surface area contributed by atoms with Gasteiger partial charge in [0.15, 0.2) is 0 Å². The molecule has 0 unspecified atom stereocenters. The molecule has 6 heteroatoms. The van der Waals surface area contributed by atoms with Crippen molar-refractivity contribution in [1.29, 1.82) is 0 Å². The first kappa shape index (κ1) is 12.8. The minimum atomic E-state index is -0.931. The van der Waals surface area contributed by atoms with Crippen molar-refractivity contribution in [2.24, 2.45) is 0 Å². The summed E-state index contributed by atoms with van der Waals surface area (Å²) in [5, 5.41) is 9.24.